The third kappa shape index (κ3) is 4.71. The van der Waals surface area contributed by atoms with Crippen molar-refractivity contribution in [3.63, 3.8) is 0 Å². The molecule has 2 N–H and O–H groups in total. The number of hydrogen-bond donors (Lipinski definition) is 2. The van der Waals surface area contributed by atoms with Gasteiger partial charge in [0.05, 0.1) is 18.7 Å². The zero-order valence-corrected chi connectivity index (χ0v) is 13.6. The van der Waals surface area contributed by atoms with Crippen molar-refractivity contribution in [2.75, 3.05) is 14.2 Å². The summed E-state index contributed by atoms with van der Waals surface area (Å²) in [6.45, 7) is 0.788. The first kappa shape index (κ1) is 17.3. The fraction of sp³-hybridized carbons (Fsp3) is 0.222. The van der Waals surface area contributed by atoms with E-state index in [0.29, 0.717) is 23.6 Å². The molecular weight excluding hydrogens is 307 g/mol. The van der Waals surface area contributed by atoms with Crippen LogP contribution in [0.3, 0.4) is 0 Å². The van der Waals surface area contributed by atoms with E-state index in [-0.39, 0.29) is 12.4 Å². The molecule has 0 aliphatic heterocycles. The van der Waals surface area contributed by atoms with E-state index in [9.17, 15) is 4.39 Å². The Bertz CT molecular complexity index is 768. The van der Waals surface area contributed by atoms with Crippen LogP contribution in [-0.2, 0) is 13.1 Å². The average molecular weight is 326 g/mol. The molecule has 0 unspecified atom stereocenters. The van der Waals surface area contributed by atoms with Crippen molar-refractivity contribution in [3.8, 4) is 11.8 Å². The summed E-state index contributed by atoms with van der Waals surface area (Å²) in [5.74, 6) is 0.969. The van der Waals surface area contributed by atoms with Gasteiger partial charge in [0, 0.05) is 25.7 Å². The lowest BCUT2D eigenvalue weighted by atomic mass is 10.1. The number of halogens is 1. The summed E-state index contributed by atoms with van der Waals surface area (Å²) in [5.41, 5.74) is 1.88. The van der Waals surface area contributed by atoms with Gasteiger partial charge in [-0.1, -0.05) is 12.1 Å². The second kappa shape index (κ2) is 8.53. The molecular formula is C18H19FN4O. The van der Waals surface area contributed by atoms with Crippen LogP contribution in [0, 0.1) is 17.1 Å². The van der Waals surface area contributed by atoms with Crippen LogP contribution in [0.5, 0.6) is 5.75 Å². The predicted octanol–water partition coefficient (Wildman–Crippen LogP) is 2.57. The minimum Gasteiger partial charge on any atom is -0.497 e. The van der Waals surface area contributed by atoms with Crippen molar-refractivity contribution in [3.05, 3.63) is 65.0 Å². The number of nitrogens with zero attached hydrogens (tertiary/aromatic N) is 2. The molecule has 5 nitrogen and oxygen atoms in total. The lowest BCUT2D eigenvalue weighted by Crippen LogP contribution is -2.36. The van der Waals surface area contributed by atoms with Crippen molar-refractivity contribution in [1.82, 2.24) is 10.6 Å². The standard InChI is InChI=1S/C18H19FN4O/c1-21-18(22-11-14-4-3-5-16(9-14)24-2)23-12-15-8-13(10-20)6-7-17(15)19/h3-9H,11-12H2,1-2H3,(H2,21,22,23). The van der Waals surface area contributed by atoms with Crippen molar-refractivity contribution >= 4 is 5.96 Å². The average Bonchev–Trinajstić information content (AvgIpc) is 2.63. The fourth-order valence-electron chi connectivity index (χ4n) is 2.15. The Hall–Kier alpha value is -3.07. The van der Waals surface area contributed by atoms with Gasteiger partial charge in [-0.05, 0) is 35.9 Å². The molecule has 2 aromatic carbocycles. The number of rotatable bonds is 5. The fourth-order valence-corrected chi connectivity index (χ4v) is 2.15. The van der Waals surface area contributed by atoms with Gasteiger partial charge in [-0.15, -0.1) is 0 Å². The molecule has 124 valence electrons. The van der Waals surface area contributed by atoms with Crippen molar-refractivity contribution in [1.29, 1.82) is 5.26 Å². The first-order chi connectivity index (χ1) is 11.7. The molecule has 0 saturated carbocycles. The Labute approximate surface area is 140 Å². The number of hydrogen-bond acceptors (Lipinski definition) is 3. The molecule has 0 saturated heterocycles. The molecule has 0 aliphatic carbocycles. The van der Waals surface area contributed by atoms with Crippen molar-refractivity contribution in [2.45, 2.75) is 13.1 Å². The van der Waals surface area contributed by atoms with Gasteiger partial charge in [-0.2, -0.15) is 5.26 Å². The largest absolute Gasteiger partial charge is 0.497 e. The quantitative estimate of drug-likeness (QED) is 0.654. The van der Waals surface area contributed by atoms with Gasteiger partial charge in [0.25, 0.3) is 0 Å². The van der Waals surface area contributed by atoms with Crippen molar-refractivity contribution < 1.29 is 9.13 Å². The first-order valence-electron chi connectivity index (χ1n) is 7.42. The Balaban J connectivity index is 1.94. The molecule has 0 spiro atoms. The van der Waals surface area contributed by atoms with E-state index in [1.54, 1.807) is 14.2 Å². The molecule has 2 aromatic rings. The van der Waals surface area contributed by atoms with E-state index in [2.05, 4.69) is 15.6 Å². The van der Waals surface area contributed by atoms with Gasteiger partial charge in [-0.25, -0.2) is 4.39 Å². The summed E-state index contributed by atoms with van der Waals surface area (Å²) in [6.07, 6.45) is 0. The van der Waals surface area contributed by atoms with Gasteiger partial charge in [0.2, 0.25) is 0 Å². The third-order valence-electron chi connectivity index (χ3n) is 3.44. The van der Waals surface area contributed by atoms with Crippen LogP contribution in [0.2, 0.25) is 0 Å². The van der Waals surface area contributed by atoms with Crippen LogP contribution in [0.1, 0.15) is 16.7 Å². The molecule has 0 amide bonds. The van der Waals surface area contributed by atoms with Crippen LogP contribution in [0.4, 0.5) is 4.39 Å². The van der Waals surface area contributed by atoms with Crippen LogP contribution in [0.15, 0.2) is 47.5 Å². The molecule has 0 heterocycles. The zero-order valence-electron chi connectivity index (χ0n) is 13.6. The van der Waals surface area contributed by atoms with Gasteiger partial charge >= 0.3 is 0 Å². The Morgan fingerprint density at radius 1 is 1.21 bits per heavy atom. The molecule has 24 heavy (non-hydrogen) atoms. The van der Waals surface area contributed by atoms with Gasteiger partial charge in [0.1, 0.15) is 11.6 Å². The first-order valence-corrected chi connectivity index (χ1v) is 7.42. The van der Waals surface area contributed by atoms with E-state index >= 15 is 0 Å². The van der Waals surface area contributed by atoms with Gasteiger partial charge < -0.3 is 15.4 Å². The minimum absolute atomic E-state index is 0.235. The summed E-state index contributed by atoms with van der Waals surface area (Å²) >= 11 is 0. The predicted molar refractivity (Wildman–Crippen MR) is 91.1 cm³/mol. The molecule has 0 aromatic heterocycles. The highest BCUT2D eigenvalue weighted by Gasteiger charge is 2.05. The van der Waals surface area contributed by atoms with Crippen LogP contribution >= 0.6 is 0 Å². The Morgan fingerprint density at radius 3 is 2.71 bits per heavy atom. The van der Waals surface area contributed by atoms with Gasteiger partial charge in [0.15, 0.2) is 5.96 Å². The second-order valence-corrected chi connectivity index (χ2v) is 5.05. The molecule has 0 atom stereocenters. The molecule has 0 fully saturated rings. The molecule has 0 bridgehead atoms. The van der Waals surface area contributed by atoms with E-state index in [1.807, 2.05) is 30.3 Å². The van der Waals surface area contributed by atoms with Crippen LogP contribution in [-0.4, -0.2) is 20.1 Å². The minimum atomic E-state index is -0.357. The molecule has 2 rings (SSSR count). The van der Waals surface area contributed by atoms with Crippen molar-refractivity contribution in [2.24, 2.45) is 4.99 Å². The maximum Gasteiger partial charge on any atom is 0.191 e. The number of ether oxygens (including phenoxy) is 1. The second-order valence-electron chi connectivity index (χ2n) is 5.05. The summed E-state index contributed by atoms with van der Waals surface area (Å²) < 4.78 is 19.0. The van der Waals surface area contributed by atoms with E-state index < -0.39 is 0 Å². The monoisotopic (exact) mass is 326 g/mol. The smallest absolute Gasteiger partial charge is 0.191 e. The lowest BCUT2D eigenvalue weighted by Gasteiger charge is -2.13. The Kier molecular flexibility index (Phi) is 6.15. The number of nitriles is 1. The highest BCUT2D eigenvalue weighted by Crippen LogP contribution is 2.12. The summed E-state index contributed by atoms with van der Waals surface area (Å²) in [5, 5.41) is 15.1. The van der Waals surface area contributed by atoms with Gasteiger partial charge in [-0.3, -0.25) is 4.99 Å². The van der Waals surface area contributed by atoms with E-state index in [4.69, 9.17) is 10.00 Å². The topological polar surface area (TPSA) is 69.4 Å². The normalized spacial score (nSPS) is 10.8. The third-order valence-corrected chi connectivity index (χ3v) is 3.44. The number of benzene rings is 2. The number of nitrogens with one attached hydrogen (secondary N) is 2. The van der Waals surface area contributed by atoms with Crippen LogP contribution < -0.4 is 15.4 Å². The van der Waals surface area contributed by atoms with Crippen LogP contribution in [0.25, 0.3) is 0 Å². The highest BCUT2D eigenvalue weighted by atomic mass is 19.1. The summed E-state index contributed by atoms with van der Waals surface area (Å²) in [4.78, 5) is 4.11. The van der Waals surface area contributed by atoms with E-state index in [1.165, 1.54) is 18.2 Å². The Morgan fingerprint density at radius 2 is 2.00 bits per heavy atom. The summed E-state index contributed by atoms with van der Waals surface area (Å²) in [7, 11) is 3.26. The number of guanidine groups is 1. The highest BCUT2D eigenvalue weighted by molar-refractivity contribution is 5.79. The maximum absolute atomic E-state index is 13.8. The molecule has 6 heteroatoms. The molecule has 0 aliphatic rings. The lowest BCUT2D eigenvalue weighted by molar-refractivity contribution is 0.414. The number of aliphatic imine (C=N–C) groups is 1. The van der Waals surface area contributed by atoms with E-state index in [0.717, 1.165) is 11.3 Å². The molecule has 0 radical (unpaired) electrons. The maximum atomic E-state index is 13.8. The number of methoxy groups -OCH3 is 1. The zero-order chi connectivity index (χ0) is 17.4. The SMILES string of the molecule is CN=C(NCc1cccc(OC)c1)NCc1cc(C#N)ccc1F. The summed E-state index contributed by atoms with van der Waals surface area (Å²) in [6, 6.07) is 14.0.